The number of carbonyl (C=O) groups is 1. The van der Waals surface area contributed by atoms with Gasteiger partial charge < -0.3 is 14.8 Å². The van der Waals surface area contributed by atoms with Crippen molar-refractivity contribution in [1.82, 2.24) is 0 Å². The summed E-state index contributed by atoms with van der Waals surface area (Å²) in [6.45, 7) is 4.91. The van der Waals surface area contributed by atoms with Gasteiger partial charge in [-0.2, -0.15) is 5.26 Å². The number of rotatable bonds is 9. The van der Waals surface area contributed by atoms with Gasteiger partial charge >= 0.3 is 0 Å². The Morgan fingerprint density at radius 3 is 2.40 bits per heavy atom. The number of nitrogens with one attached hydrogen (secondary N) is 1. The number of ether oxygens (including phenoxy) is 2. The van der Waals surface area contributed by atoms with Gasteiger partial charge in [-0.25, -0.2) is 0 Å². The minimum absolute atomic E-state index is 0.0426. The third kappa shape index (κ3) is 7.06. The molecule has 0 aliphatic heterocycles. The molecule has 0 fully saturated rings. The number of halogens is 1. The first kappa shape index (κ1) is 28.7. The lowest BCUT2D eigenvalue weighted by atomic mass is 10.0. The zero-order chi connectivity index (χ0) is 29.5. The summed E-state index contributed by atoms with van der Waals surface area (Å²) >= 11 is 3.50. The number of amides is 1. The van der Waals surface area contributed by atoms with Crippen LogP contribution in [0.5, 0.6) is 11.5 Å². The first-order valence-corrected chi connectivity index (χ1v) is 14.3. The summed E-state index contributed by atoms with van der Waals surface area (Å²) in [6.07, 6.45) is 1.55. The molecule has 0 saturated heterocycles. The van der Waals surface area contributed by atoms with Gasteiger partial charge in [-0.1, -0.05) is 82.2 Å². The van der Waals surface area contributed by atoms with E-state index in [1.165, 1.54) is 5.56 Å². The van der Waals surface area contributed by atoms with Crippen LogP contribution in [0.3, 0.4) is 0 Å². The number of hydrogen-bond donors (Lipinski definition) is 1. The number of hydrogen-bond acceptors (Lipinski definition) is 4. The van der Waals surface area contributed by atoms with Crippen molar-refractivity contribution < 1.29 is 14.3 Å². The third-order valence-corrected chi connectivity index (χ3v) is 7.42. The highest BCUT2D eigenvalue weighted by Crippen LogP contribution is 2.29. The van der Waals surface area contributed by atoms with Crippen LogP contribution >= 0.6 is 15.9 Å². The standard InChI is InChI=1S/C36H29BrN2O3/c1-24-7-10-26(11-8-24)22-41-32-16-14-31(15-17-32)39-36(40)29(21-38)19-28-20-30(37)13-18-35(28)42-23-34-25(2)9-12-27-5-3-4-6-33(27)34/h3-20H,22-23H2,1-2H3,(H,39,40)/b29-19+. The van der Waals surface area contributed by atoms with Gasteiger partial charge in [0.1, 0.15) is 36.4 Å². The smallest absolute Gasteiger partial charge is 0.266 e. The van der Waals surface area contributed by atoms with Crippen LogP contribution in [0.1, 0.15) is 27.8 Å². The summed E-state index contributed by atoms with van der Waals surface area (Å²) in [6, 6.07) is 35.2. The van der Waals surface area contributed by atoms with E-state index >= 15 is 0 Å². The molecule has 0 heterocycles. The lowest BCUT2D eigenvalue weighted by Gasteiger charge is -2.14. The van der Waals surface area contributed by atoms with Crippen LogP contribution in [0.25, 0.3) is 16.8 Å². The quantitative estimate of drug-likeness (QED) is 0.132. The Balaban J connectivity index is 1.28. The average molecular weight is 618 g/mol. The highest BCUT2D eigenvalue weighted by atomic mass is 79.9. The summed E-state index contributed by atoms with van der Waals surface area (Å²) in [4.78, 5) is 13.1. The van der Waals surface area contributed by atoms with Gasteiger partial charge in [0.25, 0.3) is 5.91 Å². The van der Waals surface area contributed by atoms with Gasteiger partial charge in [-0.05, 0) is 84.3 Å². The second kappa shape index (κ2) is 13.2. The van der Waals surface area contributed by atoms with Crippen LogP contribution in [0.4, 0.5) is 5.69 Å². The highest BCUT2D eigenvalue weighted by Gasteiger charge is 2.13. The van der Waals surface area contributed by atoms with Crippen LogP contribution in [-0.2, 0) is 18.0 Å². The van der Waals surface area contributed by atoms with E-state index < -0.39 is 5.91 Å². The van der Waals surface area contributed by atoms with Crippen molar-refractivity contribution >= 4 is 44.4 Å². The molecule has 5 aromatic rings. The fourth-order valence-electron chi connectivity index (χ4n) is 4.54. The van der Waals surface area contributed by atoms with Crippen molar-refractivity contribution in [3.8, 4) is 17.6 Å². The van der Waals surface area contributed by atoms with E-state index in [0.29, 0.717) is 36.0 Å². The zero-order valence-electron chi connectivity index (χ0n) is 23.4. The van der Waals surface area contributed by atoms with Crippen LogP contribution in [0, 0.1) is 25.2 Å². The maximum absolute atomic E-state index is 13.1. The predicted octanol–water partition coefficient (Wildman–Crippen LogP) is 8.92. The minimum Gasteiger partial charge on any atom is -0.489 e. The number of carbonyl (C=O) groups excluding carboxylic acids is 1. The molecule has 0 spiro atoms. The van der Waals surface area contributed by atoms with E-state index in [9.17, 15) is 10.1 Å². The topological polar surface area (TPSA) is 71.3 Å². The third-order valence-electron chi connectivity index (χ3n) is 6.92. The molecule has 0 bridgehead atoms. The first-order valence-electron chi connectivity index (χ1n) is 13.5. The van der Waals surface area contributed by atoms with Crippen LogP contribution < -0.4 is 14.8 Å². The molecule has 0 aliphatic carbocycles. The first-order chi connectivity index (χ1) is 20.4. The van der Waals surface area contributed by atoms with Gasteiger partial charge in [0.15, 0.2) is 0 Å². The second-order valence-corrected chi connectivity index (χ2v) is 10.9. The number of anilines is 1. The van der Waals surface area contributed by atoms with Crippen LogP contribution in [0.2, 0.25) is 0 Å². The summed E-state index contributed by atoms with van der Waals surface area (Å²) in [5.41, 5.74) is 5.63. The molecule has 6 heteroatoms. The Morgan fingerprint density at radius 2 is 1.64 bits per heavy atom. The Kier molecular flexibility index (Phi) is 9.01. The molecule has 0 aromatic heterocycles. The Morgan fingerprint density at radius 1 is 0.881 bits per heavy atom. The molecule has 0 saturated carbocycles. The van der Waals surface area contributed by atoms with Crippen molar-refractivity contribution in [2.24, 2.45) is 0 Å². The molecular weight excluding hydrogens is 588 g/mol. The predicted molar refractivity (Wildman–Crippen MR) is 171 cm³/mol. The normalized spacial score (nSPS) is 11.1. The van der Waals surface area contributed by atoms with E-state index in [-0.39, 0.29) is 5.57 Å². The number of fused-ring (bicyclic) bond motifs is 1. The van der Waals surface area contributed by atoms with E-state index in [4.69, 9.17) is 9.47 Å². The van der Waals surface area contributed by atoms with E-state index in [0.717, 1.165) is 31.9 Å². The maximum atomic E-state index is 13.1. The van der Waals surface area contributed by atoms with Crippen molar-refractivity contribution in [3.05, 3.63) is 141 Å². The molecule has 1 amide bonds. The Bertz CT molecular complexity index is 1800. The van der Waals surface area contributed by atoms with Crippen LogP contribution in [0.15, 0.2) is 113 Å². The van der Waals surface area contributed by atoms with Crippen molar-refractivity contribution in [2.45, 2.75) is 27.1 Å². The highest BCUT2D eigenvalue weighted by molar-refractivity contribution is 9.10. The number of aryl methyl sites for hydroxylation is 2. The molecule has 5 nitrogen and oxygen atoms in total. The number of nitrogens with zero attached hydrogens (tertiary/aromatic N) is 1. The molecular formula is C36H29BrN2O3. The fourth-order valence-corrected chi connectivity index (χ4v) is 4.92. The van der Waals surface area contributed by atoms with Crippen LogP contribution in [-0.4, -0.2) is 5.91 Å². The lowest BCUT2D eigenvalue weighted by Crippen LogP contribution is -2.13. The molecule has 1 N–H and O–H groups in total. The largest absolute Gasteiger partial charge is 0.489 e. The van der Waals surface area contributed by atoms with Gasteiger partial charge in [0.2, 0.25) is 0 Å². The molecule has 0 unspecified atom stereocenters. The summed E-state index contributed by atoms with van der Waals surface area (Å²) < 4.78 is 12.9. The number of nitriles is 1. The number of benzene rings is 5. The molecule has 5 rings (SSSR count). The molecule has 0 radical (unpaired) electrons. The van der Waals surface area contributed by atoms with Crippen molar-refractivity contribution in [2.75, 3.05) is 5.32 Å². The average Bonchev–Trinajstić information content (AvgIpc) is 3.00. The summed E-state index contributed by atoms with van der Waals surface area (Å²) in [5.74, 6) is 0.741. The van der Waals surface area contributed by atoms with Crippen molar-refractivity contribution in [3.63, 3.8) is 0 Å². The van der Waals surface area contributed by atoms with Gasteiger partial charge in [-0.3, -0.25) is 4.79 Å². The minimum atomic E-state index is -0.512. The monoisotopic (exact) mass is 616 g/mol. The molecule has 42 heavy (non-hydrogen) atoms. The van der Waals surface area contributed by atoms with E-state index in [1.54, 1.807) is 30.3 Å². The molecule has 5 aromatic carbocycles. The van der Waals surface area contributed by atoms with Gasteiger partial charge in [-0.15, -0.1) is 0 Å². The summed E-state index contributed by atoms with van der Waals surface area (Å²) in [5, 5.41) is 14.9. The molecule has 0 atom stereocenters. The second-order valence-electron chi connectivity index (χ2n) is 9.98. The Hall–Kier alpha value is -4.86. The lowest BCUT2D eigenvalue weighted by molar-refractivity contribution is -0.112. The fraction of sp³-hybridized carbons (Fsp3) is 0.111. The SMILES string of the molecule is Cc1ccc(COc2ccc(NC(=O)/C(C#N)=C/c3cc(Br)ccc3OCc3c(C)ccc4ccccc34)cc2)cc1. The molecule has 0 aliphatic rings. The van der Waals surface area contributed by atoms with E-state index in [2.05, 4.69) is 52.4 Å². The maximum Gasteiger partial charge on any atom is 0.266 e. The summed E-state index contributed by atoms with van der Waals surface area (Å²) in [7, 11) is 0. The zero-order valence-corrected chi connectivity index (χ0v) is 24.9. The van der Waals surface area contributed by atoms with Crippen molar-refractivity contribution in [1.29, 1.82) is 5.26 Å². The Labute approximate surface area is 254 Å². The molecule has 208 valence electrons. The van der Waals surface area contributed by atoms with Gasteiger partial charge in [0, 0.05) is 21.3 Å². The van der Waals surface area contributed by atoms with Gasteiger partial charge in [0.05, 0.1) is 0 Å². The van der Waals surface area contributed by atoms with E-state index in [1.807, 2.05) is 67.6 Å².